The fourth-order valence-corrected chi connectivity index (χ4v) is 1.84. The lowest BCUT2D eigenvalue weighted by Gasteiger charge is -2.21. The highest BCUT2D eigenvalue weighted by Gasteiger charge is 2.13. The summed E-state index contributed by atoms with van der Waals surface area (Å²) in [6, 6.07) is 0. The maximum absolute atomic E-state index is 5.78. The lowest BCUT2D eigenvalue weighted by Crippen LogP contribution is -2.06. The van der Waals surface area contributed by atoms with Crippen molar-refractivity contribution in [3.63, 3.8) is 0 Å². The van der Waals surface area contributed by atoms with Gasteiger partial charge in [-0.05, 0) is 32.1 Å². The number of hydrogen-bond donors (Lipinski definition) is 0. The van der Waals surface area contributed by atoms with Gasteiger partial charge in [-0.3, -0.25) is 0 Å². The number of alkyl halides is 1. The van der Waals surface area contributed by atoms with E-state index in [1.54, 1.807) is 0 Å². The van der Waals surface area contributed by atoms with Crippen LogP contribution < -0.4 is 0 Å². The van der Waals surface area contributed by atoms with E-state index in [2.05, 4.69) is 13.8 Å². The molecular weight excluding hydrogens is 144 g/mol. The quantitative estimate of drug-likeness (QED) is 0.406. The van der Waals surface area contributed by atoms with Crippen molar-refractivity contribution >= 4 is 11.6 Å². The summed E-state index contributed by atoms with van der Waals surface area (Å²) in [5.74, 6) is 1.60. The Kier molecular flexibility index (Phi) is 2.79. The summed E-state index contributed by atoms with van der Waals surface area (Å²) < 4.78 is 0. The predicted molar refractivity (Wildman–Crippen MR) is 46.4 cm³/mol. The number of rotatable bonds is 1. The van der Waals surface area contributed by atoms with Gasteiger partial charge in [0.2, 0.25) is 0 Å². The summed E-state index contributed by atoms with van der Waals surface area (Å²) in [6.45, 7) is 4.52. The zero-order chi connectivity index (χ0) is 7.56. The van der Waals surface area contributed by atoms with Crippen LogP contribution in [0.25, 0.3) is 0 Å². The topological polar surface area (TPSA) is 0 Å². The molecule has 0 heterocycles. The van der Waals surface area contributed by atoms with Gasteiger partial charge >= 0.3 is 0 Å². The number of hydrogen-bond acceptors (Lipinski definition) is 0. The Bertz CT molecular complexity index is 147. The smallest absolute Gasteiger partial charge is 0.0436 e. The van der Waals surface area contributed by atoms with E-state index < -0.39 is 0 Å². The maximum Gasteiger partial charge on any atom is 0.0436 e. The van der Waals surface area contributed by atoms with Gasteiger partial charge in [0.15, 0.2) is 0 Å². The van der Waals surface area contributed by atoms with Crippen molar-refractivity contribution in [2.24, 2.45) is 5.92 Å². The second kappa shape index (κ2) is 3.43. The molecule has 1 heteroatoms. The Morgan fingerprint density at radius 3 is 2.80 bits per heavy atom. The fraction of sp³-hybridized carbons (Fsp3) is 0.778. The monoisotopic (exact) mass is 158 g/mol. The molecule has 0 N–H and O–H groups in total. The number of halogens is 1. The Morgan fingerprint density at radius 1 is 1.60 bits per heavy atom. The molecule has 10 heavy (non-hydrogen) atoms. The van der Waals surface area contributed by atoms with Crippen LogP contribution in [0.4, 0.5) is 0 Å². The molecule has 0 nitrogen and oxygen atoms in total. The average Bonchev–Trinajstić information content (AvgIpc) is 1.94. The third kappa shape index (κ3) is 1.76. The second-order valence-electron chi connectivity index (χ2n) is 3.37. The Balaban J connectivity index is 2.62. The summed E-state index contributed by atoms with van der Waals surface area (Å²) in [5, 5.41) is 0. The zero-order valence-corrected chi connectivity index (χ0v) is 7.54. The standard InChI is InChI=1S/C9H15Cl/c1-7-3-4-8(2)9(5-7)6-10/h7H,3-6H2,1-2H3. The molecule has 1 aliphatic carbocycles. The minimum Gasteiger partial charge on any atom is -0.122 e. The Labute approximate surface area is 68.3 Å². The van der Waals surface area contributed by atoms with E-state index in [4.69, 9.17) is 11.6 Å². The van der Waals surface area contributed by atoms with Gasteiger partial charge in [-0.2, -0.15) is 0 Å². The highest BCUT2D eigenvalue weighted by atomic mass is 35.5. The molecule has 58 valence electrons. The van der Waals surface area contributed by atoms with Crippen LogP contribution in [0.1, 0.15) is 33.1 Å². The maximum atomic E-state index is 5.78. The molecule has 1 unspecified atom stereocenters. The fourth-order valence-electron chi connectivity index (χ4n) is 1.51. The molecule has 0 amide bonds. The van der Waals surface area contributed by atoms with Gasteiger partial charge in [0.05, 0.1) is 0 Å². The minimum atomic E-state index is 0.746. The van der Waals surface area contributed by atoms with Crippen molar-refractivity contribution in [1.29, 1.82) is 0 Å². The van der Waals surface area contributed by atoms with Crippen LogP contribution >= 0.6 is 11.6 Å². The lowest BCUT2D eigenvalue weighted by atomic mass is 9.86. The van der Waals surface area contributed by atoms with Crippen molar-refractivity contribution in [3.8, 4) is 0 Å². The number of allylic oxidation sites excluding steroid dienone is 2. The van der Waals surface area contributed by atoms with E-state index >= 15 is 0 Å². The molecule has 0 radical (unpaired) electrons. The normalized spacial score (nSPS) is 27.3. The second-order valence-corrected chi connectivity index (χ2v) is 3.63. The molecule has 0 bridgehead atoms. The van der Waals surface area contributed by atoms with Crippen LogP contribution in [0.3, 0.4) is 0 Å². The van der Waals surface area contributed by atoms with Gasteiger partial charge in [-0.1, -0.05) is 18.1 Å². The predicted octanol–water partition coefficient (Wildman–Crippen LogP) is 3.36. The largest absolute Gasteiger partial charge is 0.122 e. The van der Waals surface area contributed by atoms with Gasteiger partial charge in [0.25, 0.3) is 0 Å². The summed E-state index contributed by atoms with van der Waals surface area (Å²) in [7, 11) is 0. The Hall–Kier alpha value is 0.0300. The highest BCUT2D eigenvalue weighted by molar-refractivity contribution is 6.19. The third-order valence-corrected chi connectivity index (χ3v) is 2.69. The molecule has 0 spiro atoms. The molecule has 0 saturated carbocycles. The molecule has 1 atom stereocenters. The van der Waals surface area contributed by atoms with Gasteiger partial charge in [-0.15, -0.1) is 11.6 Å². The molecule has 0 fully saturated rings. The molecule has 0 aromatic carbocycles. The molecule has 0 saturated heterocycles. The lowest BCUT2D eigenvalue weighted by molar-refractivity contribution is 0.497. The van der Waals surface area contributed by atoms with E-state index in [9.17, 15) is 0 Å². The molecular formula is C9H15Cl. The molecule has 0 aromatic heterocycles. The molecule has 0 aliphatic heterocycles. The van der Waals surface area contributed by atoms with E-state index in [1.807, 2.05) is 0 Å². The van der Waals surface area contributed by atoms with Crippen molar-refractivity contribution in [1.82, 2.24) is 0 Å². The minimum absolute atomic E-state index is 0.746. The highest BCUT2D eigenvalue weighted by Crippen LogP contribution is 2.29. The van der Waals surface area contributed by atoms with Crippen molar-refractivity contribution in [2.45, 2.75) is 33.1 Å². The SMILES string of the molecule is CC1=C(CCl)CC(C)CC1. The van der Waals surface area contributed by atoms with Crippen LogP contribution in [0, 0.1) is 5.92 Å². The van der Waals surface area contributed by atoms with E-state index in [1.165, 1.54) is 30.4 Å². The first kappa shape index (κ1) is 8.13. The summed E-state index contributed by atoms with van der Waals surface area (Å²) in [4.78, 5) is 0. The van der Waals surface area contributed by atoms with Crippen molar-refractivity contribution in [2.75, 3.05) is 5.88 Å². The zero-order valence-electron chi connectivity index (χ0n) is 6.78. The summed E-state index contributed by atoms with van der Waals surface area (Å²) >= 11 is 5.78. The molecule has 0 aromatic rings. The third-order valence-electron chi connectivity index (χ3n) is 2.37. The molecule has 1 aliphatic rings. The Morgan fingerprint density at radius 2 is 2.30 bits per heavy atom. The van der Waals surface area contributed by atoms with Crippen molar-refractivity contribution in [3.05, 3.63) is 11.1 Å². The first-order chi connectivity index (χ1) is 4.74. The van der Waals surface area contributed by atoms with Crippen LogP contribution in [0.5, 0.6) is 0 Å². The summed E-state index contributed by atoms with van der Waals surface area (Å²) in [6.07, 6.45) is 3.85. The van der Waals surface area contributed by atoms with Crippen LogP contribution in [0.2, 0.25) is 0 Å². The summed E-state index contributed by atoms with van der Waals surface area (Å²) in [5.41, 5.74) is 3.02. The molecule has 1 rings (SSSR count). The van der Waals surface area contributed by atoms with Gasteiger partial charge < -0.3 is 0 Å². The van der Waals surface area contributed by atoms with Gasteiger partial charge in [0.1, 0.15) is 0 Å². The first-order valence-corrected chi connectivity index (χ1v) is 4.51. The van der Waals surface area contributed by atoms with Gasteiger partial charge in [0, 0.05) is 5.88 Å². The first-order valence-electron chi connectivity index (χ1n) is 3.97. The van der Waals surface area contributed by atoms with Crippen LogP contribution in [-0.4, -0.2) is 5.88 Å². The van der Waals surface area contributed by atoms with Crippen LogP contribution in [-0.2, 0) is 0 Å². The van der Waals surface area contributed by atoms with E-state index in [0.717, 1.165) is 11.8 Å². The van der Waals surface area contributed by atoms with Gasteiger partial charge in [-0.25, -0.2) is 0 Å². The van der Waals surface area contributed by atoms with E-state index in [0.29, 0.717) is 0 Å². The van der Waals surface area contributed by atoms with Crippen molar-refractivity contribution < 1.29 is 0 Å². The van der Waals surface area contributed by atoms with E-state index in [-0.39, 0.29) is 0 Å². The van der Waals surface area contributed by atoms with Crippen LogP contribution in [0.15, 0.2) is 11.1 Å². The average molecular weight is 159 g/mol.